The van der Waals surface area contributed by atoms with Gasteiger partial charge >= 0.3 is 29.8 Å². The van der Waals surface area contributed by atoms with Gasteiger partial charge in [-0.1, -0.05) is 37.4 Å². The SMILES string of the molecule is C=CC(=O)OCCCCOC(=O)c1ccc(-c2ccc(OC(=O)c3ccc(OC(=O)c4ccc(OCCCCOC(=O)C=C)cc4)c(CO)c3)cc2)cc1. The minimum absolute atomic E-state index is 0.0870. The molecule has 0 unspecified atom stereocenters. The van der Waals surface area contributed by atoms with E-state index in [1.165, 1.54) is 18.2 Å². The van der Waals surface area contributed by atoms with Crippen molar-refractivity contribution in [2.75, 3.05) is 26.4 Å². The van der Waals surface area contributed by atoms with Gasteiger partial charge in [0.2, 0.25) is 0 Å². The fourth-order valence-corrected chi connectivity index (χ4v) is 4.77. The summed E-state index contributed by atoms with van der Waals surface area (Å²) in [7, 11) is 0. The van der Waals surface area contributed by atoms with E-state index in [2.05, 4.69) is 13.2 Å². The van der Waals surface area contributed by atoms with Gasteiger partial charge in [0.15, 0.2) is 0 Å². The maximum absolute atomic E-state index is 12.9. The van der Waals surface area contributed by atoms with E-state index in [9.17, 15) is 29.1 Å². The van der Waals surface area contributed by atoms with E-state index in [1.807, 2.05) is 0 Å². The highest BCUT2D eigenvalue weighted by molar-refractivity contribution is 5.93. The van der Waals surface area contributed by atoms with Crippen LogP contribution in [0.3, 0.4) is 0 Å². The molecule has 0 radical (unpaired) electrons. The number of carbonyl (C=O) groups excluding carboxylic acids is 5. The van der Waals surface area contributed by atoms with Crippen LogP contribution in [-0.2, 0) is 30.4 Å². The van der Waals surface area contributed by atoms with Crippen molar-refractivity contribution >= 4 is 29.8 Å². The highest BCUT2D eigenvalue weighted by Gasteiger charge is 2.16. The Balaban J connectivity index is 1.24. The molecule has 1 N–H and O–H groups in total. The van der Waals surface area contributed by atoms with Crippen molar-refractivity contribution in [1.29, 1.82) is 0 Å². The molecule has 54 heavy (non-hydrogen) atoms. The van der Waals surface area contributed by atoms with Gasteiger partial charge in [-0.05, 0) is 104 Å². The van der Waals surface area contributed by atoms with Crippen LogP contribution in [0.5, 0.6) is 17.2 Å². The molecule has 280 valence electrons. The molecule has 4 aromatic carbocycles. The Kier molecular flexibility index (Phi) is 15.7. The lowest BCUT2D eigenvalue weighted by Crippen LogP contribution is -2.12. The number of aliphatic hydroxyl groups is 1. The Morgan fingerprint density at radius 3 is 1.56 bits per heavy atom. The average molecular weight is 737 g/mol. The fraction of sp³-hybridized carbons (Fsp3) is 0.214. The van der Waals surface area contributed by atoms with Crippen LogP contribution in [0.2, 0.25) is 0 Å². The predicted octanol–water partition coefficient (Wildman–Crippen LogP) is 6.84. The second-order valence-electron chi connectivity index (χ2n) is 11.5. The largest absolute Gasteiger partial charge is 0.494 e. The first-order valence-corrected chi connectivity index (χ1v) is 17.1. The summed E-state index contributed by atoms with van der Waals surface area (Å²) in [6, 6.07) is 24.2. The number of carbonyl (C=O) groups is 5. The second-order valence-corrected chi connectivity index (χ2v) is 11.5. The molecule has 0 atom stereocenters. The third kappa shape index (κ3) is 12.6. The van der Waals surface area contributed by atoms with Gasteiger partial charge < -0.3 is 33.5 Å². The third-order valence-electron chi connectivity index (χ3n) is 7.68. The molecule has 0 aliphatic rings. The van der Waals surface area contributed by atoms with Crippen molar-refractivity contribution in [3.63, 3.8) is 0 Å². The predicted molar refractivity (Wildman–Crippen MR) is 197 cm³/mol. The minimum Gasteiger partial charge on any atom is -0.494 e. The molecule has 0 spiro atoms. The number of rotatable bonds is 20. The summed E-state index contributed by atoms with van der Waals surface area (Å²) >= 11 is 0. The van der Waals surface area contributed by atoms with Crippen LogP contribution in [0.25, 0.3) is 11.1 Å². The maximum atomic E-state index is 12.9. The van der Waals surface area contributed by atoms with Crippen LogP contribution in [0.15, 0.2) is 116 Å². The normalized spacial score (nSPS) is 10.4. The van der Waals surface area contributed by atoms with Crippen molar-refractivity contribution in [3.05, 3.63) is 139 Å². The van der Waals surface area contributed by atoms with Gasteiger partial charge in [0.05, 0.1) is 49.7 Å². The fourth-order valence-electron chi connectivity index (χ4n) is 4.77. The first-order valence-electron chi connectivity index (χ1n) is 17.1. The molecular weight excluding hydrogens is 696 g/mol. The van der Waals surface area contributed by atoms with E-state index in [0.717, 1.165) is 23.3 Å². The van der Waals surface area contributed by atoms with Gasteiger partial charge in [-0.15, -0.1) is 0 Å². The number of benzene rings is 4. The highest BCUT2D eigenvalue weighted by atomic mass is 16.6. The number of hydrogen-bond donors (Lipinski definition) is 1. The van der Waals surface area contributed by atoms with Crippen LogP contribution in [-0.4, -0.2) is 61.4 Å². The van der Waals surface area contributed by atoms with Crippen molar-refractivity contribution in [1.82, 2.24) is 0 Å². The molecule has 0 amide bonds. The zero-order valence-electron chi connectivity index (χ0n) is 29.5. The van der Waals surface area contributed by atoms with E-state index in [4.69, 9.17) is 28.4 Å². The molecule has 12 heteroatoms. The minimum atomic E-state index is -0.677. The zero-order valence-corrected chi connectivity index (χ0v) is 29.5. The van der Waals surface area contributed by atoms with Gasteiger partial charge in [0.25, 0.3) is 0 Å². The monoisotopic (exact) mass is 736 g/mol. The van der Waals surface area contributed by atoms with Crippen LogP contribution < -0.4 is 14.2 Å². The summed E-state index contributed by atoms with van der Waals surface area (Å²) in [6.45, 7) is 7.26. The van der Waals surface area contributed by atoms with Crippen molar-refractivity contribution in [2.24, 2.45) is 0 Å². The topological polar surface area (TPSA) is 161 Å². The molecule has 0 saturated carbocycles. The summed E-state index contributed by atoms with van der Waals surface area (Å²) in [5.41, 5.74) is 2.64. The van der Waals surface area contributed by atoms with Crippen molar-refractivity contribution in [2.45, 2.75) is 32.3 Å². The smallest absolute Gasteiger partial charge is 0.343 e. The van der Waals surface area contributed by atoms with Crippen LogP contribution >= 0.6 is 0 Å². The van der Waals surface area contributed by atoms with Gasteiger partial charge in [0, 0.05) is 17.7 Å². The molecule has 0 aromatic heterocycles. The van der Waals surface area contributed by atoms with Crippen LogP contribution in [0.1, 0.15) is 62.3 Å². The van der Waals surface area contributed by atoms with E-state index >= 15 is 0 Å². The Hall–Kier alpha value is -6.53. The summed E-state index contributed by atoms with van der Waals surface area (Å²) in [4.78, 5) is 60.2. The summed E-state index contributed by atoms with van der Waals surface area (Å²) < 4.78 is 31.8. The van der Waals surface area contributed by atoms with E-state index < -0.39 is 36.5 Å². The molecule has 0 bridgehead atoms. The van der Waals surface area contributed by atoms with E-state index in [-0.39, 0.29) is 48.0 Å². The third-order valence-corrected chi connectivity index (χ3v) is 7.68. The molecule has 0 aliphatic carbocycles. The first-order chi connectivity index (χ1) is 26.2. The molecule has 4 aromatic rings. The van der Waals surface area contributed by atoms with Gasteiger partial charge in [0.1, 0.15) is 17.2 Å². The summed E-state index contributed by atoms with van der Waals surface area (Å²) in [6.07, 6.45) is 4.59. The Labute approximate surface area is 312 Å². The lowest BCUT2D eigenvalue weighted by Gasteiger charge is -2.11. The first kappa shape index (κ1) is 40.2. The number of aliphatic hydroxyl groups excluding tert-OH is 1. The molecular formula is C42H40O12. The van der Waals surface area contributed by atoms with Gasteiger partial charge in [-0.3, -0.25) is 0 Å². The lowest BCUT2D eigenvalue weighted by molar-refractivity contribution is -0.138. The van der Waals surface area contributed by atoms with Gasteiger partial charge in [-0.2, -0.15) is 0 Å². The van der Waals surface area contributed by atoms with Crippen LogP contribution in [0, 0.1) is 0 Å². The molecule has 0 saturated heterocycles. The van der Waals surface area contributed by atoms with Gasteiger partial charge in [-0.25, -0.2) is 24.0 Å². The number of unbranched alkanes of at least 4 members (excludes halogenated alkanes) is 2. The van der Waals surface area contributed by atoms with Crippen molar-refractivity contribution < 1.29 is 57.5 Å². The maximum Gasteiger partial charge on any atom is 0.343 e. The highest BCUT2D eigenvalue weighted by Crippen LogP contribution is 2.26. The van der Waals surface area contributed by atoms with E-state index in [1.54, 1.807) is 72.8 Å². The molecule has 12 nitrogen and oxygen atoms in total. The quantitative estimate of drug-likeness (QED) is 0.0331. The van der Waals surface area contributed by atoms with E-state index in [0.29, 0.717) is 43.6 Å². The Bertz CT molecular complexity index is 1910. The van der Waals surface area contributed by atoms with Crippen molar-refractivity contribution in [3.8, 4) is 28.4 Å². The molecule has 0 aliphatic heterocycles. The number of hydrogen-bond acceptors (Lipinski definition) is 12. The molecule has 0 heterocycles. The summed E-state index contributed by atoms with van der Waals surface area (Å²) in [5, 5.41) is 9.96. The molecule has 0 fully saturated rings. The zero-order chi connectivity index (χ0) is 38.7. The van der Waals surface area contributed by atoms with Crippen LogP contribution in [0.4, 0.5) is 0 Å². The average Bonchev–Trinajstić information content (AvgIpc) is 3.20. The number of esters is 5. The Morgan fingerprint density at radius 2 is 0.981 bits per heavy atom. The lowest BCUT2D eigenvalue weighted by atomic mass is 10.0. The molecule has 4 rings (SSSR count). The number of ether oxygens (including phenoxy) is 6. The second kappa shape index (κ2) is 21.1. The standard InChI is InChI=1S/C42H40O12/c1-3-38(44)50-24-6-5-23-49-35-18-15-32(16-19-35)41(47)54-37-22-17-33(27-34(37)28-43)42(48)53-36-20-13-30(14-21-36)29-9-11-31(12-10-29)40(46)52-26-8-7-25-51-39(45)4-2/h3-4,9-22,27,43H,1-2,5-8,23-26,28H2. The summed E-state index contributed by atoms with van der Waals surface area (Å²) in [5.74, 6) is -1.85. The Morgan fingerprint density at radius 1 is 0.519 bits per heavy atom.